The molecular weight excluding hydrogens is 541 g/mol. The van der Waals surface area contributed by atoms with Gasteiger partial charge in [-0.05, 0) is 79.0 Å². The first-order valence-corrected chi connectivity index (χ1v) is 13.5. The SMILES string of the molecule is COc1ccc(C=CCN2CCC3(CC2)CN(C(=O)NCc2ccnc(Cl)c2)c2cc(C(F)(F)F)ccc23)cc1. The summed E-state index contributed by atoms with van der Waals surface area (Å²) in [5, 5.41) is 3.14. The molecule has 1 fully saturated rings. The predicted octanol–water partition coefficient (Wildman–Crippen LogP) is 6.54. The van der Waals surface area contributed by atoms with E-state index in [1.807, 2.05) is 24.3 Å². The Morgan fingerprint density at radius 3 is 2.55 bits per heavy atom. The monoisotopic (exact) mass is 570 g/mol. The van der Waals surface area contributed by atoms with E-state index in [1.165, 1.54) is 4.90 Å². The molecule has 2 aliphatic heterocycles. The van der Waals surface area contributed by atoms with Crippen LogP contribution in [0.4, 0.5) is 23.7 Å². The molecule has 0 unspecified atom stereocenters. The van der Waals surface area contributed by atoms with Gasteiger partial charge < -0.3 is 10.1 Å². The van der Waals surface area contributed by atoms with Gasteiger partial charge in [0.1, 0.15) is 10.9 Å². The summed E-state index contributed by atoms with van der Waals surface area (Å²) in [5.74, 6) is 0.808. The minimum absolute atomic E-state index is 0.188. The van der Waals surface area contributed by atoms with E-state index in [1.54, 1.807) is 31.5 Å². The molecule has 210 valence electrons. The molecule has 1 aromatic heterocycles. The van der Waals surface area contributed by atoms with Gasteiger partial charge in [-0.15, -0.1) is 0 Å². The first-order chi connectivity index (χ1) is 19.2. The second kappa shape index (κ2) is 11.5. The Morgan fingerprint density at radius 1 is 1.12 bits per heavy atom. The zero-order valence-corrected chi connectivity index (χ0v) is 22.8. The predicted molar refractivity (Wildman–Crippen MR) is 150 cm³/mol. The summed E-state index contributed by atoms with van der Waals surface area (Å²) >= 11 is 5.94. The van der Waals surface area contributed by atoms with Crippen LogP contribution in [0.1, 0.15) is 35.1 Å². The highest BCUT2D eigenvalue weighted by Crippen LogP contribution is 2.48. The van der Waals surface area contributed by atoms with E-state index < -0.39 is 23.2 Å². The molecular formula is C30H30ClF3N4O2. The molecule has 3 aromatic rings. The number of hydrogen-bond acceptors (Lipinski definition) is 4. The number of ether oxygens (including phenoxy) is 1. The summed E-state index contributed by atoms with van der Waals surface area (Å²) in [6.45, 7) is 2.84. The molecule has 0 radical (unpaired) electrons. The smallest absolute Gasteiger partial charge is 0.416 e. The number of amides is 2. The fourth-order valence-electron chi connectivity index (χ4n) is 5.50. The number of rotatable bonds is 6. The normalized spacial score (nSPS) is 16.9. The number of anilines is 1. The molecule has 6 nitrogen and oxygen atoms in total. The molecule has 5 rings (SSSR count). The van der Waals surface area contributed by atoms with Crippen molar-refractivity contribution in [1.29, 1.82) is 0 Å². The Hall–Kier alpha value is -3.56. The van der Waals surface area contributed by atoms with Gasteiger partial charge in [-0.1, -0.05) is 42.0 Å². The third-order valence-electron chi connectivity index (χ3n) is 7.73. The van der Waals surface area contributed by atoms with Crippen molar-refractivity contribution in [2.45, 2.75) is 31.0 Å². The van der Waals surface area contributed by atoms with Crippen LogP contribution in [0.15, 0.2) is 66.9 Å². The summed E-state index contributed by atoms with van der Waals surface area (Å²) < 4.78 is 46.0. The Kier molecular flexibility index (Phi) is 8.05. The second-order valence-corrected chi connectivity index (χ2v) is 10.6. The van der Waals surface area contributed by atoms with Crippen LogP contribution in [0.5, 0.6) is 5.75 Å². The van der Waals surface area contributed by atoms with Gasteiger partial charge in [-0.25, -0.2) is 9.78 Å². The molecule has 2 aromatic carbocycles. The van der Waals surface area contributed by atoms with E-state index in [0.717, 1.165) is 67.0 Å². The van der Waals surface area contributed by atoms with E-state index in [-0.39, 0.29) is 6.54 Å². The molecule has 1 N–H and O–H groups in total. The van der Waals surface area contributed by atoms with Gasteiger partial charge in [0, 0.05) is 36.9 Å². The van der Waals surface area contributed by atoms with Gasteiger partial charge in [-0.3, -0.25) is 9.80 Å². The zero-order chi connectivity index (χ0) is 28.3. The van der Waals surface area contributed by atoms with E-state index in [2.05, 4.69) is 27.4 Å². The molecule has 2 aliphatic rings. The number of fused-ring (bicyclic) bond motifs is 2. The van der Waals surface area contributed by atoms with Crippen LogP contribution in [0.3, 0.4) is 0 Å². The number of methoxy groups -OCH3 is 1. The maximum absolute atomic E-state index is 13.6. The zero-order valence-electron chi connectivity index (χ0n) is 22.0. The first kappa shape index (κ1) is 28.0. The van der Waals surface area contributed by atoms with E-state index >= 15 is 0 Å². The summed E-state index contributed by atoms with van der Waals surface area (Å²) in [7, 11) is 1.64. The van der Waals surface area contributed by atoms with Gasteiger partial charge in [0.2, 0.25) is 0 Å². The molecule has 0 atom stereocenters. The van der Waals surface area contributed by atoms with Crippen LogP contribution in [0, 0.1) is 0 Å². The third kappa shape index (κ3) is 6.10. The molecule has 2 amide bonds. The number of halogens is 4. The van der Waals surface area contributed by atoms with Crippen LogP contribution < -0.4 is 15.0 Å². The van der Waals surface area contributed by atoms with Crippen molar-refractivity contribution in [2.24, 2.45) is 0 Å². The Morgan fingerprint density at radius 2 is 1.88 bits per heavy atom. The maximum Gasteiger partial charge on any atom is 0.416 e. The lowest BCUT2D eigenvalue weighted by Gasteiger charge is -2.39. The molecule has 40 heavy (non-hydrogen) atoms. The van der Waals surface area contributed by atoms with Crippen LogP contribution in [-0.2, 0) is 18.1 Å². The average molecular weight is 571 g/mol. The third-order valence-corrected chi connectivity index (χ3v) is 7.94. The van der Waals surface area contributed by atoms with Gasteiger partial charge >= 0.3 is 12.2 Å². The van der Waals surface area contributed by atoms with Crippen LogP contribution in [-0.4, -0.2) is 49.2 Å². The molecule has 0 bridgehead atoms. The maximum atomic E-state index is 13.6. The number of nitrogens with one attached hydrogen (secondary N) is 1. The van der Waals surface area contributed by atoms with Crippen LogP contribution in [0.25, 0.3) is 6.08 Å². The minimum Gasteiger partial charge on any atom is -0.497 e. The molecule has 0 saturated carbocycles. The van der Waals surface area contributed by atoms with Crippen molar-refractivity contribution in [3.05, 3.63) is 94.3 Å². The van der Waals surface area contributed by atoms with Gasteiger partial charge in [0.05, 0.1) is 12.7 Å². The van der Waals surface area contributed by atoms with Crippen molar-refractivity contribution in [2.75, 3.05) is 38.2 Å². The lowest BCUT2D eigenvalue weighted by molar-refractivity contribution is -0.137. The van der Waals surface area contributed by atoms with Crippen molar-refractivity contribution >= 4 is 29.4 Å². The lowest BCUT2D eigenvalue weighted by Crippen LogP contribution is -2.47. The molecule has 0 aliphatic carbocycles. The summed E-state index contributed by atoms with van der Waals surface area (Å²) in [5.41, 5.74) is 1.80. The number of hydrogen-bond donors (Lipinski definition) is 1. The number of carbonyl (C=O) groups excluding carboxylic acids is 1. The van der Waals surface area contributed by atoms with Crippen LogP contribution in [0.2, 0.25) is 5.15 Å². The minimum atomic E-state index is -4.50. The highest BCUT2D eigenvalue weighted by Gasteiger charge is 2.47. The topological polar surface area (TPSA) is 57.7 Å². The molecule has 10 heteroatoms. The van der Waals surface area contributed by atoms with Crippen molar-refractivity contribution in [3.63, 3.8) is 0 Å². The number of carbonyl (C=O) groups is 1. The lowest BCUT2D eigenvalue weighted by atomic mass is 9.74. The Bertz CT molecular complexity index is 1390. The van der Waals surface area contributed by atoms with Gasteiger partial charge in [-0.2, -0.15) is 13.2 Å². The quantitative estimate of drug-likeness (QED) is 0.342. The van der Waals surface area contributed by atoms with Crippen molar-refractivity contribution in [3.8, 4) is 5.75 Å². The standard InChI is InChI=1S/C30H30ClF3N4O2/c1-40-24-7-4-21(5-8-24)3-2-14-37-15-11-29(12-16-37)20-38(26-18-23(30(32,33)34)6-9-25(26)29)28(39)36-19-22-10-13-35-27(31)17-22/h2-10,13,17-18H,11-12,14-16,19-20H2,1H3,(H,36,39). The average Bonchev–Trinajstić information content (AvgIpc) is 3.26. The summed E-state index contributed by atoms with van der Waals surface area (Å²) in [6.07, 6.45) is 2.70. The van der Waals surface area contributed by atoms with E-state index in [0.29, 0.717) is 17.4 Å². The number of nitrogens with zero attached hydrogens (tertiary/aromatic N) is 3. The highest BCUT2D eigenvalue weighted by atomic mass is 35.5. The van der Waals surface area contributed by atoms with Crippen molar-refractivity contribution in [1.82, 2.24) is 15.2 Å². The van der Waals surface area contributed by atoms with Gasteiger partial charge in [0.25, 0.3) is 0 Å². The first-order valence-electron chi connectivity index (χ1n) is 13.1. The van der Waals surface area contributed by atoms with Crippen LogP contribution >= 0.6 is 11.6 Å². The number of alkyl halides is 3. The Labute approximate surface area is 236 Å². The molecule has 1 saturated heterocycles. The van der Waals surface area contributed by atoms with Gasteiger partial charge in [0.15, 0.2) is 0 Å². The molecule has 3 heterocycles. The number of urea groups is 1. The van der Waals surface area contributed by atoms with E-state index in [4.69, 9.17) is 16.3 Å². The fourth-order valence-corrected chi connectivity index (χ4v) is 5.70. The van der Waals surface area contributed by atoms with Crippen molar-refractivity contribution < 1.29 is 22.7 Å². The number of pyridine rings is 1. The molecule has 1 spiro atoms. The number of benzene rings is 2. The van der Waals surface area contributed by atoms with E-state index in [9.17, 15) is 18.0 Å². The summed E-state index contributed by atoms with van der Waals surface area (Å²) in [6, 6.07) is 14.6. The largest absolute Gasteiger partial charge is 0.497 e. The number of aromatic nitrogens is 1. The highest BCUT2D eigenvalue weighted by molar-refractivity contribution is 6.29. The number of piperidine rings is 1. The summed E-state index contributed by atoms with van der Waals surface area (Å²) in [4.78, 5) is 21.0. The Balaban J connectivity index is 1.29. The second-order valence-electron chi connectivity index (χ2n) is 10.2. The fraction of sp³-hybridized carbons (Fsp3) is 0.333. The number of likely N-dealkylation sites (tertiary alicyclic amines) is 1.